The van der Waals surface area contributed by atoms with Crippen LogP contribution in [0.3, 0.4) is 0 Å². The van der Waals surface area contributed by atoms with Gasteiger partial charge in [-0.1, -0.05) is 47.0 Å². The van der Waals surface area contributed by atoms with E-state index in [1.165, 1.54) is 64.7 Å². The number of likely N-dealkylation sites (tertiary alicyclic amines) is 1. The average molecular weight is 280 g/mol. The zero-order chi connectivity index (χ0) is 14.6. The Balaban J connectivity index is 1.90. The number of nitrogens with zero attached hydrogens (tertiary/aromatic N) is 1. The highest BCUT2D eigenvalue weighted by atomic mass is 15.2. The molecule has 1 saturated carbocycles. The standard InChI is InChI=1S/C18H36N2/c1-15(2)17-8-11-20(12-17)14-18(13-19-16(3)4)9-6-5-7-10-18/h15-17,19H,5-14H2,1-4H3. The summed E-state index contributed by atoms with van der Waals surface area (Å²) in [4.78, 5) is 2.78. The van der Waals surface area contributed by atoms with Crippen LogP contribution in [0.1, 0.15) is 66.2 Å². The number of hydrogen-bond acceptors (Lipinski definition) is 2. The minimum atomic E-state index is 0.564. The fourth-order valence-corrected chi connectivity index (χ4v) is 4.14. The summed E-state index contributed by atoms with van der Waals surface area (Å²) in [5.41, 5.74) is 0.564. The van der Waals surface area contributed by atoms with E-state index in [-0.39, 0.29) is 0 Å². The van der Waals surface area contributed by atoms with Gasteiger partial charge in [0.2, 0.25) is 0 Å². The Morgan fingerprint density at radius 2 is 1.80 bits per heavy atom. The topological polar surface area (TPSA) is 15.3 Å². The van der Waals surface area contributed by atoms with Crippen LogP contribution in [-0.2, 0) is 0 Å². The van der Waals surface area contributed by atoms with Crippen molar-refractivity contribution in [3.8, 4) is 0 Å². The molecule has 0 amide bonds. The van der Waals surface area contributed by atoms with Crippen LogP contribution in [0, 0.1) is 17.3 Å². The summed E-state index contributed by atoms with van der Waals surface area (Å²) < 4.78 is 0. The summed E-state index contributed by atoms with van der Waals surface area (Å²) in [5.74, 6) is 1.80. The third kappa shape index (κ3) is 4.46. The fraction of sp³-hybridized carbons (Fsp3) is 1.00. The van der Waals surface area contributed by atoms with E-state index in [1.807, 2.05) is 0 Å². The molecule has 1 unspecified atom stereocenters. The Bertz CT molecular complexity index is 279. The molecule has 2 aliphatic rings. The second-order valence-electron chi connectivity index (χ2n) is 8.12. The summed E-state index contributed by atoms with van der Waals surface area (Å²) in [6.45, 7) is 14.6. The fourth-order valence-electron chi connectivity index (χ4n) is 4.14. The van der Waals surface area contributed by atoms with Gasteiger partial charge < -0.3 is 10.2 Å². The molecule has 2 heteroatoms. The molecule has 2 nitrogen and oxygen atoms in total. The van der Waals surface area contributed by atoms with Crippen LogP contribution in [0.5, 0.6) is 0 Å². The van der Waals surface area contributed by atoms with Crippen molar-refractivity contribution in [2.45, 2.75) is 72.3 Å². The summed E-state index contributed by atoms with van der Waals surface area (Å²) in [5, 5.41) is 3.74. The molecule has 1 atom stereocenters. The Kier molecular flexibility index (Phi) is 5.92. The Morgan fingerprint density at radius 3 is 2.35 bits per heavy atom. The first kappa shape index (κ1) is 16.3. The SMILES string of the molecule is CC(C)NCC1(CN2CCC(C(C)C)C2)CCCCC1. The van der Waals surface area contributed by atoms with Crippen LogP contribution in [0.2, 0.25) is 0 Å². The molecule has 0 radical (unpaired) electrons. The van der Waals surface area contributed by atoms with Gasteiger partial charge in [-0.2, -0.15) is 0 Å². The highest BCUT2D eigenvalue weighted by Crippen LogP contribution is 2.38. The highest BCUT2D eigenvalue weighted by molar-refractivity contribution is 4.90. The third-order valence-corrected chi connectivity index (χ3v) is 5.61. The van der Waals surface area contributed by atoms with Crippen LogP contribution in [0.4, 0.5) is 0 Å². The van der Waals surface area contributed by atoms with Gasteiger partial charge in [-0.3, -0.25) is 0 Å². The van der Waals surface area contributed by atoms with E-state index in [1.54, 1.807) is 0 Å². The third-order valence-electron chi connectivity index (χ3n) is 5.61. The molecule has 1 aliphatic heterocycles. The molecular formula is C18H36N2. The second-order valence-corrected chi connectivity index (χ2v) is 8.12. The quantitative estimate of drug-likeness (QED) is 0.793. The molecule has 0 aromatic heterocycles. The van der Waals surface area contributed by atoms with Crippen molar-refractivity contribution in [2.24, 2.45) is 17.3 Å². The Labute approximate surface area is 126 Å². The minimum Gasteiger partial charge on any atom is -0.314 e. The molecule has 1 aliphatic carbocycles. The van der Waals surface area contributed by atoms with Crippen molar-refractivity contribution in [2.75, 3.05) is 26.2 Å². The molecule has 118 valence electrons. The zero-order valence-corrected chi connectivity index (χ0v) is 14.3. The molecule has 0 aromatic carbocycles. The van der Waals surface area contributed by atoms with E-state index >= 15 is 0 Å². The zero-order valence-electron chi connectivity index (χ0n) is 14.3. The second kappa shape index (κ2) is 7.26. The van der Waals surface area contributed by atoms with Gasteiger partial charge in [0.25, 0.3) is 0 Å². The van der Waals surface area contributed by atoms with Crippen molar-refractivity contribution in [1.82, 2.24) is 10.2 Å². The highest BCUT2D eigenvalue weighted by Gasteiger charge is 2.36. The van der Waals surface area contributed by atoms with E-state index in [9.17, 15) is 0 Å². The molecule has 1 heterocycles. The molecule has 1 saturated heterocycles. The lowest BCUT2D eigenvalue weighted by Crippen LogP contribution is -2.46. The van der Waals surface area contributed by atoms with Gasteiger partial charge in [0.15, 0.2) is 0 Å². The molecule has 1 N–H and O–H groups in total. The molecule has 0 spiro atoms. The maximum atomic E-state index is 3.74. The molecular weight excluding hydrogens is 244 g/mol. The first-order valence-electron chi connectivity index (χ1n) is 8.96. The summed E-state index contributed by atoms with van der Waals surface area (Å²) in [6.07, 6.45) is 8.65. The van der Waals surface area contributed by atoms with Crippen molar-refractivity contribution in [3.05, 3.63) is 0 Å². The van der Waals surface area contributed by atoms with Gasteiger partial charge in [0.05, 0.1) is 0 Å². The smallest absolute Gasteiger partial charge is 0.00503 e. The Hall–Kier alpha value is -0.0800. The van der Waals surface area contributed by atoms with Gasteiger partial charge in [0, 0.05) is 25.7 Å². The van der Waals surface area contributed by atoms with Crippen LogP contribution in [0.15, 0.2) is 0 Å². The van der Waals surface area contributed by atoms with Crippen LogP contribution in [0.25, 0.3) is 0 Å². The first-order chi connectivity index (χ1) is 9.51. The molecule has 20 heavy (non-hydrogen) atoms. The van der Waals surface area contributed by atoms with E-state index in [0.717, 1.165) is 11.8 Å². The summed E-state index contributed by atoms with van der Waals surface area (Å²) in [7, 11) is 0. The number of hydrogen-bond donors (Lipinski definition) is 1. The summed E-state index contributed by atoms with van der Waals surface area (Å²) >= 11 is 0. The van der Waals surface area contributed by atoms with Crippen LogP contribution in [-0.4, -0.2) is 37.1 Å². The van der Waals surface area contributed by atoms with Crippen molar-refractivity contribution < 1.29 is 0 Å². The van der Waals surface area contributed by atoms with Gasteiger partial charge in [-0.15, -0.1) is 0 Å². The average Bonchev–Trinajstić information content (AvgIpc) is 2.86. The van der Waals surface area contributed by atoms with E-state index in [0.29, 0.717) is 11.5 Å². The normalized spacial score (nSPS) is 27.6. The van der Waals surface area contributed by atoms with E-state index in [4.69, 9.17) is 0 Å². The van der Waals surface area contributed by atoms with Crippen molar-refractivity contribution in [1.29, 1.82) is 0 Å². The number of rotatable bonds is 6. The maximum Gasteiger partial charge on any atom is 0.00503 e. The van der Waals surface area contributed by atoms with E-state index in [2.05, 4.69) is 37.9 Å². The van der Waals surface area contributed by atoms with E-state index < -0.39 is 0 Å². The van der Waals surface area contributed by atoms with Gasteiger partial charge in [-0.25, -0.2) is 0 Å². The predicted molar refractivity (Wildman–Crippen MR) is 88.0 cm³/mol. The van der Waals surface area contributed by atoms with Gasteiger partial charge >= 0.3 is 0 Å². The van der Waals surface area contributed by atoms with Crippen molar-refractivity contribution in [3.63, 3.8) is 0 Å². The maximum absolute atomic E-state index is 3.74. The molecule has 0 bridgehead atoms. The minimum absolute atomic E-state index is 0.564. The van der Waals surface area contributed by atoms with Gasteiger partial charge in [0.1, 0.15) is 0 Å². The molecule has 0 aromatic rings. The van der Waals surface area contributed by atoms with Gasteiger partial charge in [-0.05, 0) is 43.1 Å². The largest absolute Gasteiger partial charge is 0.314 e. The van der Waals surface area contributed by atoms with Crippen LogP contribution >= 0.6 is 0 Å². The lowest BCUT2D eigenvalue weighted by Gasteiger charge is -2.41. The lowest BCUT2D eigenvalue weighted by molar-refractivity contribution is 0.110. The van der Waals surface area contributed by atoms with Crippen LogP contribution < -0.4 is 5.32 Å². The lowest BCUT2D eigenvalue weighted by atomic mass is 9.73. The Morgan fingerprint density at radius 1 is 1.10 bits per heavy atom. The molecule has 2 rings (SSSR count). The predicted octanol–water partition coefficient (Wildman–Crippen LogP) is 3.91. The van der Waals surface area contributed by atoms with Crippen molar-refractivity contribution >= 4 is 0 Å². The monoisotopic (exact) mass is 280 g/mol. The summed E-state index contributed by atoms with van der Waals surface area (Å²) in [6, 6.07) is 0.621. The first-order valence-corrected chi connectivity index (χ1v) is 8.96. The number of nitrogens with one attached hydrogen (secondary N) is 1. The molecule has 2 fully saturated rings.